The van der Waals surface area contributed by atoms with Crippen LogP contribution < -0.4 is 11.1 Å². The molecule has 5 heteroatoms. The van der Waals surface area contributed by atoms with Gasteiger partial charge in [0.2, 0.25) is 5.91 Å². The molecule has 1 rings (SSSR count). The number of aliphatic hydroxyl groups excluding tert-OH is 2. The molecule has 0 aromatic heterocycles. The molecule has 0 saturated heterocycles. The first-order valence-corrected chi connectivity index (χ1v) is 5.52. The SMILES string of the molecule is CCC(=O)N[C@H](CO)[C@H](O)c1ccc(N)cc1. The van der Waals surface area contributed by atoms with E-state index in [1.165, 1.54) is 0 Å². The largest absolute Gasteiger partial charge is 0.399 e. The van der Waals surface area contributed by atoms with E-state index in [0.717, 1.165) is 0 Å². The number of anilines is 1. The third kappa shape index (κ3) is 3.72. The van der Waals surface area contributed by atoms with Crippen molar-refractivity contribution < 1.29 is 15.0 Å². The molecule has 2 atom stereocenters. The molecule has 0 heterocycles. The summed E-state index contributed by atoms with van der Waals surface area (Å²) >= 11 is 0. The van der Waals surface area contributed by atoms with Crippen LogP contribution in [0.3, 0.4) is 0 Å². The summed E-state index contributed by atoms with van der Waals surface area (Å²) in [5.74, 6) is -0.210. The Balaban J connectivity index is 2.74. The Bertz CT molecular complexity index is 365. The predicted molar refractivity (Wildman–Crippen MR) is 65.1 cm³/mol. The highest BCUT2D eigenvalue weighted by Crippen LogP contribution is 2.18. The molecule has 0 aliphatic heterocycles. The van der Waals surface area contributed by atoms with E-state index >= 15 is 0 Å². The molecule has 0 spiro atoms. The minimum Gasteiger partial charge on any atom is -0.399 e. The third-order valence-electron chi connectivity index (χ3n) is 2.52. The van der Waals surface area contributed by atoms with Crippen LogP contribution in [0, 0.1) is 0 Å². The van der Waals surface area contributed by atoms with Gasteiger partial charge >= 0.3 is 0 Å². The Kier molecular flexibility index (Phi) is 4.93. The summed E-state index contributed by atoms with van der Waals surface area (Å²) in [4.78, 5) is 11.2. The Morgan fingerprint density at radius 2 is 2.00 bits per heavy atom. The quantitative estimate of drug-likeness (QED) is 0.551. The number of hydrogen-bond donors (Lipinski definition) is 4. The molecule has 0 aliphatic rings. The molecule has 0 unspecified atom stereocenters. The van der Waals surface area contributed by atoms with Gasteiger partial charge in [0, 0.05) is 12.1 Å². The Labute approximate surface area is 100 Å². The van der Waals surface area contributed by atoms with Crippen molar-refractivity contribution in [3.8, 4) is 0 Å². The number of carbonyl (C=O) groups excluding carboxylic acids is 1. The molecule has 5 N–H and O–H groups in total. The zero-order valence-corrected chi connectivity index (χ0v) is 9.76. The van der Waals surface area contributed by atoms with Gasteiger partial charge in [0.05, 0.1) is 12.6 Å². The van der Waals surface area contributed by atoms with E-state index in [1.807, 2.05) is 0 Å². The average Bonchev–Trinajstić information content (AvgIpc) is 2.35. The van der Waals surface area contributed by atoms with Gasteiger partial charge in [-0.3, -0.25) is 4.79 Å². The second-order valence-corrected chi connectivity index (χ2v) is 3.82. The molecule has 0 saturated carbocycles. The molecule has 1 aromatic rings. The lowest BCUT2D eigenvalue weighted by Gasteiger charge is -2.22. The van der Waals surface area contributed by atoms with Crippen molar-refractivity contribution in [2.24, 2.45) is 0 Å². The zero-order valence-electron chi connectivity index (χ0n) is 9.76. The van der Waals surface area contributed by atoms with Crippen LogP contribution in [-0.2, 0) is 4.79 Å². The van der Waals surface area contributed by atoms with Crippen molar-refractivity contribution in [3.63, 3.8) is 0 Å². The highest BCUT2D eigenvalue weighted by Gasteiger charge is 2.21. The third-order valence-corrected chi connectivity index (χ3v) is 2.52. The summed E-state index contributed by atoms with van der Waals surface area (Å²) in [5.41, 5.74) is 6.74. The number of carbonyl (C=O) groups is 1. The van der Waals surface area contributed by atoms with Crippen molar-refractivity contribution in [1.29, 1.82) is 0 Å². The van der Waals surface area contributed by atoms with Gasteiger partial charge < -0.3 is 21.3 Å². The van der Waals surface area contributed by atoms with Crippen LogP contribution in [-0.4, -0.2) is 28.8 Å². The number of benzene rings is 1. The summed E-state index contributed by atoms with van der Waals surface area (Å²) in [6, 6.07) is 5.95. The summed E-state index contributed by atoms with van der Waals surface area (Å²) in [5, 5.41) is 21.7. The molecule has 17 heavy (non-hydrogen) atoms. The maximum atomic E-state index is 11.2. The summed E-state index contributed by atoms with van der Waals surface area (Å²) < 4.78 is 0. The van der Waals surface area contributed by atoms with Crippen molar-refractivity contribution in [2.75, 3.05) is 12.3 Å². The van der Waals surface area contributed by atoms with Gasteiger partial charge in [-0.25, -0.2) is 0 Å². The van der Waals surface area contributed by atoms with Gasteiger partial charge in [-0.2, -0.15) is 0 Å². The predicted octanol–water partition coefficient (Wildman–Crippen LogP) is 0.189. The molecular formula is C12H18N2O3. The van der Waals surface area contributed by atoms with Gasteiger partial charge in [-0.15, -0.1) is 0 Å². The molecule has 0 aliphatic carbocycles. The van der Waals surface area contributed by atoms with Crippen LogP contribution in [0.5, 0.6) is 0 Å². The topological polar surface area (TPSA) is 95.6 Å². The zero-order chi connectivity index (χ0) is 12.8. The van der Waals surface area contributed by atoms with Crippen LogP contribution in [0.4, 0.5) is 5.69 Å². The van der Waals surface area contributed by atoms with Gasteiger partial charge in [-0.1, -0.05) is 19.1 Å². The van der Waals surface area contributed by atoms with Gasteiger partial charge in [0.25, 0.3) is 0 Å². The smallest absolute Gasteiger partial charge is 0.220 e. The van der Waals surface area contributed by atoms with Crippen molar-refractivity contribution >= 4 is 11.6 Å². The van der Waals surface area contributed by atoms with Gasteiger partial charge in [0.15, 0.2) is 0 Å². The normalized spacial score (nSPS) is 14.1. The van der Waals surface area contributed by atoms with Gasteiger partial charge in [-0.05, 0) is 17.7 Å². The van der Waals surface area contributed by atoms with Crippen LogP contribution in [0.25, 0.3) is 0 Å². The second kappa shape index (κ2) is 6.22. The number of hydrogen-bond acceptors (Lipinski definition) is 4. The molecule has 5 nitrogen and oxygen atoms in total. The molecule has 0 fully saturated rings. The molecule has 0 radical (unpaired) electrons. The Morgan fingerprint density at radius 3 is 2.47 bits per heavy atom. The standard InChI is InChI=1S/C12H18N2O3/c1-2-11(16)14-10(7-15)12(17)8-3-5-9(13)6-4-8/h3-6,10,12,15,17H,2,7,13H2,1H3,(H,14,16)/t10-,12-/m1/s1. The summed E-state index contributed by atoms with van der Waals surface area (Å²) in [7, 11) is 0. The lowest BCUT2D eigenvalue weighted by Crippen LogP contribution is -2.41. The monoisotopic (exact) mass is 238 g/mol. The molecule has 0 bridgehead atoms. The lowest BCUT2D eigenvalue weighted by atomic mass is 10.0. The minimum atomic E-state index is -0.948. The van der Waals surface area contributed by atoms with Crippen LogP contribution >= 0.6 is 0 Å². The van der Waals surface area contributed by atoms with E-state index in [4.69, 9.17) is 10.8 Å². The molecular weight excluding hydrogens is 220 g/mol. The highest BCUT2D eigenvalue weighted by atomic mass is 16.3. The molecule has 1 amide bonds. The first-order chi connectivity index (χ1) is 8.08. The number of nitrogens with two attached hydrogens (primary N) is 1. The fraction of sp³-hybridized carbons (Fsp3) is 0.417. The fourth-order valence-corrected chi connectivity index (χ4v) is 1.46. The minimum absolute atomic E-state index is 0.210. The van der Waals surface area contributed by atoms with E-state index in [2.05, 4.69) is 5.32 Å². The van der Waals surface area contributed by atoms with Crippen molar-refractivity contribution in [3.05, 3.63) is 29.8 Å². The first-order valence-electron chi connectivity index (χ1n) is 5.52. The molecule has 1 aromatic carbocycles. The Hall–Kier alpha value is -1.59. The van der Waals surface area contributed by atoms with Gasteiger partial charge in [0.1, 0.15) is 6.10 Å². The summed E-state index contributed by atoms with van der Waals surface area (Å²) in [6.07, 6.45) is -0.638. The Morgan fingerprint density at radius 1 is 1.41 bits per heavy atom. The molecule has 94 valence electrons. The maximum absolute atomic E-state index is 11.2. The second-order valence-electron chi connectivity index (χ2n) is 3.82. The van der Waals surface area contributed by atoms with E-state index in [0.29, 0.717) is 17.7 Å². The van der Waals surface area contributed by atoms with E-state index in [9.17, 15) is 9.90 Å². The van der Waals surface area contributed by atoms with E-state index in [1.54, 1.807) is 31.2 Å². The first kappa shape index (κ1) is 13.5. The maximum Gasteiger partial charge on any atom is 0.220 e. The van der Waals surface area contributed by atoms with Crippen molar-refractivity contribution in [2.45, 2.75) is 25.5 Å². The fourth-order valence-electron chi connectivity index (χ4n) is 1.46. The lowest BCUT2D eigenvalue weighted by molar-refractivity contribution is -0.122. The van der Waals surface area contributed by atoms with E-state index in [-0.39, 0.29) is 12.5 Å². The number of amides is 1. The number of rotatable bonds is 5. The number of nitrogen functional groups attached to an aromatic ring is 1. The summed E-state index contributed by atoms with van der Waals surface area (Å²) in [6.45, 7) is 1.39. The highest BCUT2D eigenvalue weighted by molar-refractivity contribution is 5.75. The van der Waals surface area contributed by atoms with Crippen LogP contribution in [0.1, 0.15) is 25.0 Å². The van der Waals surface area contributed by atoms with Crippen LogP contribution in [0.15, 0.2) is 24.3 Å². The van der Waals surface area contributed by atoms with E-state index < -0.39 is 12.1 Å². The van der Waals surface area contributed by atoms with Crippen LogP contribution in [0.2, 0.25) is 0 Å². The van der Waals surface area contributed by atoms with Crippen molar-refractivity contribution in [1.82, 2.24) is 5.32 Å². The number of aliphatic hydroxyl groups is 2. The number of nitrogens with one attached hydrogen (secondary N) is 1. The average molecular weight is 238 g/mol.